The molecule has 3 saturated carbocycles. The molecule has 0 heterocycles. The number of hydrogen-bond donors (Lipinski definition) is 0. The van der Waals surface area contributed by atoms with Gasteiger partial charge in [-0.2, -0.15) is 0 Å². The van der Waals surface area contributed by atoms with Crippen molar-refractivity contribution in [2.24, 2.45) is 77.8 Å². The van der Waals surface area contributed by atoms with Gasteiger partial charge in [-0.25, -0.2) is 14.4 Å². The van der Waals surface area contributed by atoms with Gasteiger partial charge in [-0.3, -0.25) is 33.6 Å². The van der Waals surface area contributed by atoms with E-state index < -0.39 is 25.1 Å². The van der Waals surface area contributed by atoms with E-state index in [9.17, 15) is 47.9 Å². The lowest BCUT2D eigenvalue weighted by atomic mass is 9.84. The van der Waals surface area contributed by atoms with Crippen molar-refractivity contribution in [1.82, 2.24) is 0 Å². The molecule has 0 aromatic rings. The van der Waals surface area contributed by atoms with Gasteiger partial charge in [-0.05, 0) is 271 Å². The van der Waals surface area contributed by atoms with Crippen LogP contribution in [0.1, 0.15) is 459 Å². The summed E-state index contributed by atoms with van der Waals surface area (Å²) in [7, 11) is 1.39. The van der Waals surface area contributed by atoms with E-state index in [2.05, 4.69) is 203 Å². The summed E-state index contributed by atoms with van der Waals surface area (Å²) in [5.74, 6) is 2.93. The number of esters is 3. The van der Waals surface area contributed by atoms with Gasteiger partial charge in [0.25, 0.3) is 0 Å². The highest BCUT2D eigenvalue weighted by Gasteiger charge is 2.22. The molecule has 3 rings (SSSR count). The van der Waals surface area contributed by atoms with Crippen LogP contribution in [0.15, 0.2) is 133 Å². The number of methoxy groups -OCH3 is 1. The average Bonchev–Trinajstić information content (AvgIpc) is 1.72. The Bertz CT molecular complexity index is 3570. The molecule has 13 nitrogen and oxygen atoms in total. The number of ketones is 7. The second kappa shape index (κ2) is 72.7. The van der Waals surface area contributed by atoms with Gasteiger partial charge in [0, 0.05) is 71.4 Å². The fraction of sp³-hybridized carbons (Fsp3) is 0.724. The molecule has 0 aromatic heterocycles. The molecule has 3 aliphatic carbocycles. The molecule has 0 atom stereocenters. The van der Waals surface area contributed by atoms with Crippen molar-refractivity contribution in [3.05, 3.63) is 133 Å². The third-order valence-corrected chi connectivity index (χ3v) is 18.4. The van der Waals surface area contributed by atoms with Crippen LogP contribution in [-0.4, -0.2) is 77.7 Å². The molecular weight excluding hydrogens is 1600 g/mol. The molecule has 129 heavy (non-hydrogen) atoms. The minimum absolute atomic E-state index is 0. The quantitative estimate of drug-likeness (QED) is 0.0260. The topological polar surface area (TPSA) is 198 Å². The van der Waals surface area contributed by atoms with Crippen molar-refractivity contribution in [3.8, 4) is 0 Å². The van der Waals surface area contributed by atoms with E-state index in [1.54, 1.807) is 55.5 Å². The predicted octanol–water partition coefficient (Wildman–Crippen LogP) is 33.3. The van der Waals surface area contributed by atoms with Gasteiger partial charge >= 0.3 is 17.9 Å². The Kier molecular flexibility index (Phi) is 70.1. The first kappa shape index (κ1) is 124. The lowest BCUT2D eigenvalue weighted by Crippen LogP contribution is -2.22. The van der Waals surface area contributed by atoms with Crippen molar-refractivity contribution in [2.75, 3.05) is 13.7 Å². The molecule has 0 N–H and O–H groups in total. The fourth-order valence-electron chi connectivity index (χ4n) is 9.73. The average molecular weight is 1810 g/mol. The van der Waals surface area contributed by atoms with Gasteiger partial charge in [0.05, 0.1) is 13.7 Å². The van der Waals surface area contributed by atoms with Gasteiger partial charge in [-0.15, -0.1) is 0 Å². The fourth-order valence-corrected chi connectivity index (χ4v) is 9.73. The smallest absolute Gasteiger partial charge is 0.330 e. The van der Waals surface area contributed by atoms with Crippen LogP contribution in [-0.2, 0) is 62.2 Å². The molecular formula is C116H206O13. The summed E-state index contributed by atoms with van der Waals surface area (Å²) < 4.78 is 57.3. The minimum atomic E-state index is -2.76. The Morgan fingerprint density at radius 2 is 0.690 bits per heavy atom. The Labute approximate surface area is 806 Å². The number of hydrogen-bond acceptors (Lipinski definition) is 13. The maximum atomic E-state index is 11.6. The first-order valence-corrected chi connectivity index (χ1v) is 48.0. The second-order valence-corrected chi connectivity index (χ2v) is 47.6. The highest BCUT2D eigenvalue weighted by molar-refractivity contribution is 5.92. The minimum Gasteiger partial charge on any atom is -0.466 e. The summed E-state index contributed by atoms with van der Waals surface area (Å²) in [5, 5.41) is 0. The van der Waals surface area contributed by atoms with Crippen molar-refractivity contribution in [1.29, 1.82) is 0 Å². The normalized spacial score (nSPS) is 15.2. The van der Waals surface area contributed by atoms with E-state index in [0.717, 1.165) is 69.8 Å². The van der Waals surface area contributed by atoms with Crippen LogP contribution in [0.2, 0.25) is 0 Å². The molecule has 0 aliphatic heterocycles. The van der Waals surface area contributed by atoms with Crippen LogP contribution >= 0.6 is 0 Å². The maximum Gasteiger partial charge on any atom is 0.330 e. The molecule has 0 saturated heterocycles. The number of ether oxygens (including phenoxy) is 3. The summed E-state index contributed by atoms with van der Waals surface area (Å²) in [6.07, 6.45) is 62.0. The van der Waals surface area contributed by atoms with Gasteiger partial charge in [-0.1, -0.05) is 328 Å². The zero-order valence-corrected chi connectivity index (χ0v) is 89.8. The van der Waals surface area contributed by atoms with Crippen LogP contribution in [0, 0.1) is 77.8 Å². The lowest BCUT2D eigenvalue weighted by Gasteiger charge is -2.21. The summed E-state index contributed by atoms with van der Waals surface area (Å²) in [5.41, 5.74) is 0.915. The van der Waals surface area contributed by atoms with Gasteiger partial charge in [0.1, 0.15) is 5.60 Å². The van der Waals surface area contributed by atoms with Gasteiger partial charge in [0.15, 0.2) is 40.5 Å². The van der Waals surface area contributed by atoms with Crippen molar-refractivity contribution in [3.63, 3.8) is 0 Å². The molecule has 3 fully saturated rings. The van der Waals surface area contributed by atoms with Crippen LogP contribution in [0.3, 0.4) is 0 Å². The Morgan fingerprint density at radius 1 is 0.357 bits per heavy atom. The van der Waals surface area contributed by atoms with Crippen molar-refractivity contribution in [2.45, 2.75) is 457 Å². The van der Waals surface area contributed by atoms with Crippen LogP contribution in [0.5, 0.6) is 0 Å². The molecule has 748 valence electrons. The molecule has 0 bridgehead atoms. The highest BCUT2D eigenvalue weighted by Crippen LogP contribution is 2.32. The number of allylic oxidation sites excluding steroid dienone is 19. The molecule has 0 spiro atoms. The summed E-state index contributed by atoms with van der Waals surface area (Å²) in [4.78, 5) is 112. The van der Waals surface area contributed by atoms with Crippen LogP contribution < -0.4 is 0 Å². The van der Waals surface area contributed by atoms with E-state index in [1.165, 1.54) is 83.1 Å². The molecule has 13 heteroatoms. The second-order valence-electron chi connectivity index (χ2n) is 47.6. The maximum absolute atomic E-state index is 11.6. The summed E-state index contributed by atoms with van der Waals surface area (Å²) in [6.45, 7) is 74.1. The van der Waals surface area contributed by atoms with E-state index in [-0.39, 0.29) is 103 Å². The van der Waals surface area contributed by atoms with E-state index in [1.807, 2.05) is 113 Å². The molecule has 0 radical (unpaired) electrons. The van der Waals surface area contributed by atoms with Crippen LogP contribution in [0.4, 0.5) is 0 Å². The lowest BCUT2D eigenvalue weighted by molar-refractivity contribution is -0.148. The number of carbonyl (C=O) groups excluding carboxylic acids is 10. The Morgan fingerprint density at radius 3 is 0.969 bits per heavy atom. The molecule has 0 amide bonds. The third-order valence-electron chi connectivity index (χ3n) is 18.4. The SMILES string of the molecule is C.C/C=C/C(=O)OC(C)(C)C.C/C=C/C=C/C(=O)OCC(C)(C)C.CC(C)(C)/C=C/C(=O)CCC(C)(C)C.CC(C)(C)CCC(=O)/C=C/C1CC1.CC(C)(C)CCC(=O)/C=C/C1CCC1.CC(C)(C)CCC(=O)/C=C/C1CCCC1.CC(C)/C=C/C(=O)CCC(C)(C)C.CC/C=C/C(=O)CCC(C)(C)C.COC(=O)/C=C/CCC(C)(C)C.[2H]C([2H])([2H])C(=CC(=O)CCC(C)(C)C)C([2H])([2H])[2H]. The van der Waals surface area contributed by atoms with Crippen molar-refractivity contribution >= 4 is 58.4 Å². The number of carbonyl (C=O) groups is 10. The van der Waals surface area contributed by atoms with Gasteiger partial charge in [0.2, 0.25) is 0 Å². The van der Waals surface area contributed by atoms with Crippen LogP contribution in [0.25, 0.3) is 0 Å². The largest absolute Gasteiger partial charge is 0.466 e. The first-order valence-electron chi connectivity index (χ1n) is 51.0. The third kappa shape index (κ3) is 132. The standard InChI is InChI=1S/C14H24O.C13H22O.C13H24O.C12H20O.C12H22O.C11H18O2.2C11H20O.C10H18O2.C8H14O2.CH4/c1-14(2,3)11-10-13(15)9-8-12-6-4-5-7-12;1-13(2,3)10-9-12(14)8-7-11-5-4-6-11;1-12(2,3)9-7-11(14)8-10-13(4,5)6;1-12(2,3)9-8-11(13)7-6-10-4-5-10;1-10(2)6-7-11(13)8-9-12(3,4)5;1-5-6-7-8-10(12)13-9-11(2,3)4;1-9(2)8-10(12)6-7-11(3,4)5;1-5-6-7-10(12)8-9-11(2,3)4;1-10(2,3)8-6-5-7-9(11)12-4;1-5-6-7(9)10-8(2,3)4;/h8-9,12H,4-7,10-11H2,1-3H3;7-8,11H,4-6,9-10H2,1-3H3;7,9H,8,10H2,1-6H3;6-7,10H,4-5,8-9H2,1-3H3;6-7,10H,8-9H2,1-5H3;5-8H,9H2,1-4H3;8H,6-7H2,1-5H3;6-7H,5,8-9H2,1-4H3;5,7H,6,8H2,1-4H3;5-6H,1-4H3;1H4/b9-8+;8-7+;9-7+;2*7-6+;6-5+,8-7+;;7-6+;7-5+;6-5+;/i;;;;;;1D3,2D3;;;;. The first-order chi connectivity index (χ1) is 60.4. The Balaban J connectivity index is -0.000000222. The molecule has 0 aromatic carbocycles. The highest BCUT2D eigenvalue weighted by atomic mass is 16.6. The van der Waals surface area contributed by atoms with E-state index >= 15 is 0 Å². The number of rotatable bonds is 33. The zero-order chi connectivity index (χ0) is 106. The molecule has 0 unspecified atom stereocenters. The predicted molar refractivity (Wildman–Crippen MR) is 558 cm³/mol. The van der Waals surface area contributed by atoms with Gasteiger partial charge < -0.3 is 14.2 Å². The van der Waals surface area contributed by atoms with Crippen molar-refractivity contribution < 1.29 is 70.4 Å². The Hall–Kier alpha value is -6.76. The summed E-state index contributed by atoms with van der Waals surface area (Å²) >= 11 is 0. The van der Waals surface area contributed by atoms with E-state index in [4.69, 9.17) is 17.7 Å². The zero-order valence-electron chi connectivity index (χ0n) is 95.8. The molecule has 3 aliphatic rings. The summed E-state index contributed by atoms with van der Waals surface area (Å²) in [6, 6.07) is 0. The monoisotopic (exact) mass is 1810 g/mol. The van der Waals surface area contributed by atoms with E-state index in [0.29, 0.717) is 92.1 Å².